The zero-order valence-electron chi connectivity index (χ0n) is 24.1. The molecule has 0 aliphatic rings. The lowest BCUT2D eigenvalue weighted by Crippen LogP contribution is -2.55. The van der Waals surface area contributed by atoms with Crippen LogP contribution in [0.25, 0.3) is 0 Å². The van der Waals surface area contributed by atoms with Crippen LogP contribution in [0.3, 0.4) is 0 Å². The van der Waals surface area contributed by atoms with E-state index in [4.69, 9.17) is 52.3 Å². The zero-order chi connectivity index (χ0) is 38.4. The molecule has 0 aliphatic heterocycles. The lowest BCUT2D eigenvalue weighted by Gasteiger charge is -2.20. The van der Waals surface area contributed by atoms with Gasteiger partial charge >= 0.3 is 36.2 Å². The monoisotopic (exact) mass is 718 g/mol. The Kier molecular flexibility index (Phi) is 22.4. The highest BCUT2D eigenvalue weighted by Crippen LogP contribution is 2.13. The number of carboxylic acids is 4. The van der Waals surface area contributed by atoms with Gasteiger partial charge < -0.3 is 64.0 Å². The van der Waals surface area contributed by atoms with Crippen LogP contribution in [0.15, 0.2) is 4.99 Å². The molecule has 0 unspecified atom stereocenters. The van der Waals surface area contributed by atoms with Gasteiger partial charge in [-0.15, -0.1) is 0 Å². The molecule has 0 fully saturated rings. The number of amides is 4. The van der Waals surface area contributed by atoms with E-state index >= 15 is 0 Å². The van der Waals surface area contributed by atoms with Crippen LogP contribution in [0.2, 0.25) is 0 Å². The van der Waals surface area contributed by atoms with Crippen LogP contribution in [-0.4, -0.2) is 136 Å². The molecule has 48 heavy (non-hydrogen) atoms. The first kappa shape index (κ1) is 46.9. The first-order chi connectivity index (χ1) is 21.8. The quantitative estimate of drug-likeness (QED) is 0.0309. The summed E-state index contributed by atoms with van der Waals surface area (Å²) in [7, 11) is 0. The van der Waals surface area contributed by atoms with Gasteiger partial charge in [-0.05, 0) is 12.8 Å². The first-order valence-corrected chi connectivity index (χ1v) is 12.4. The Morgan fingerprint density at radius 1 is 0.708 bits per heavy atom. The maximum atomic E-state index is 12.4. The van der Waals surface area contributed by atoms with Crippen molar-refractivity contribution in [2.24, 2.45) is 22.2 Å². The number of hydrogen-bond acceptors (Lipinski definition) is 11. The molecule has 0 bridgehead atoms. The van der Waals surface area contributed by atoms with Crippen molar-refractivity contribution in [1.82, 2.24) is 21.3 Å². The molecule has 0 radical (unpaired) electrons. The van der Waals surface area contributed by atoms with Crippen molar-refractivity contribution in [1.29, 1.82) is 0 Å². The minimum atomic E-state index is -5.08. The van der Waals surface area contributed by atoms with Gasteiger partial charge in [0.2, 0.25) is 23.6 Å². The van der Waals surface area contributed by atoms with Crippen LogP contribution in [0, 0.1) is 0 Å². The van der Waals surface area contributed by atoms with Crippen LogP contribution in [0.1, 0.15) is 19.3 Å². The van der Waals surface area contributed by atoms with Crippen LogP contribution in [0.5, 0.6) is 0 Å². The second-order valence-corrected chi connectivity index (χ2v) is 8.40. The van der Waals surface area contributed by atoms with Gasteiger partial charge in [0.05, 0.1) is 26.1 Å². The third-order valence-corrected chi connectivity index (χ3v) is 4.52. The highest BCUT2D eigenvalue weighted by Gasteiger charge is 2.39. The highest BCUT2D eigenvalue weighted by molar-refractivity contribution is 5.95. The molecule has 3 atom stereocenters. The molecule has 0 saturated carbocycles. The summed E-state index contributed by atoms with van der Waals surface area (Å²) in [5.74, 6) is -12.3. The van der Waals surface area contributed by atoms with Gasteiger partial charge in [-0.1, -0.05) is 0 Å². The van der Waals surface area contributed by atoms with E-state index in [2.05, 4.69) is 20.9 Å². The Morgan fingerprint density at radius 2 is 1.17 bits per heavy atom. The SMILES string of the molecule is NCC(=O)N[C@@H](CCCN=C(N)N)C(=O)NCC(=O)N[C@@H](CC(=O)O)C(=O)N[C@@H](CO)C(=O)O.O=C(O)C(F)(F)F.O=C(O)C(F)(F)F. The van der Waals surface area contributed by atoms with Crippen LogP contribution in [0.4, 0.5) is 26.3 Å². The number of rotatable bonds is 16. The second kappa shape index (κ2) is 22.9. The third-order valence-electron chi connectivity index (χ3n) is 4.52. The normalized spacial score (nSPS) is 12.4. The van der Waals surface area contributed by atoms with E-state index in [1.165, 1.54) is 0 Å². The average Bonchev–Trinajstić information content (AvgIpc) is 2.94. The Balaban J connectivity index is -0.00000119. The number of carbonyl (C=O) groups excluding carboxylic acids is 4. The number of aliphatic hydroxyl groups excluding tert-OH is 1. The van der Waals surface area contributed by atoms with Crippen molar-refractivity contribution in [2.45, 2.75) is 49.7 Å². The third kappa shape index (κ3) is 24.8. The smallest absolute Gasteiger partial charge is 0.481 e. The average molecular weight is 719 g/mol. The molecule has 0 spiro atoms. The number of halogens is 6. The predicted octanol–water partition coefficient (Wildman–Crippen LogP) is -4.61. The largest absolute Gasteiger partial charge is 0.490 e. The lowest BCUT2D eigenvalue weighted by molar-refractivity contribution is -0.193. The molecule has 0 heterocycles. The van der Waals surface area contributed by atoms with Crippen LogP contribution in [-0.2, 0) is 38.4 Å². The van der Waals surface area contributed by atoms with Crippen molar-refractivity contribution in [3.63, 3.8) is 0 Å². The number of aliphatic carboxylic acids is 4. The number of hydrogen-bond donors (Lipinski definition) is 12. The highest BCUT2D eigenvalue weighted by atomic mass is 19.4. The van der Waals surface area contributed by atoms with E-state index in [-0.39, 0.29) is 18.9 Å². The van der Waals surface area contributed by atoms with E-state index in [1.807, 2.05) is 5.32 Å². The van der Waals surface area contributed by atoms with Gasteiger partial charge in [0.15, 0.2) is 5.96 Å². The van der Waals surface area contributed by atoms with Gasteiger partial charge in [0.1, 0.15) is 18.1 Å². The molecule has 21 nitrogen and oxygen atoms in total. The van der Waals surface area contributed by atoms with Crippen LogP contribution >= 0.6 is 0 Å². The summed E-state index contributed by atoms with van der Waals surface area (Å²) in [4.78, 5) is 91.7. The molecule has 276 valence electrons. The second-order valence-electron chi connectivity index (χ2n) is 8.40. The van der Waals surface area contributed by atoms with E-state index in [1.54, 1.807) is 0 Å². The molecule has 0 aromatic rings. The summed E-state index contributed by atoms with van der Waals surface area (Å²) in [5.41, 5.74) is 15.6. The Bertz CT molecular complexity index is 1140. The molecule has 27 heteroatoms. The minimum absolute atomic E-state index is 0.0950. The van der Waals surface area contributed by atoms with Gasteiger partial charge in [0, 0.05) is 6.54 Å². The van der Waals surface area contributed by atoms with Gasteiger partial charge in [-0.25, -0.2) is 14.4 Å². The molecule has 0 aromatic carbocycles. The number of aliphatic hydroxyl groups is 1. The fourth-order valence-corrected chi connectivity index (χ4v) is 2.40. The van der Waals surface area contributed by atoms with E-state index < -0.39 is 104 Å². The van der Waals surface area contributed by atoms with E-state index in [0.717, 1.165) is 0 Å². The molecular weight excluding hydrogens is 686 g/mol. The van der Waals surface area contributed by atoms with Gasteiger partial charge in [-0.2, -0.15) is 26.3 Å². The van der Waals surface area contributed by atoms with Crippen molar-refractivity contribution < 1.29 is 90.2 Å². The maximum Gasteiger partial charge on any atom is 0.490 e. The number of guanidine groups is 1. The fourth-order valence-electron chi connectivity index (χ4n) is 2.40. The molecule has 4 amide bonds. The summed E-state index contributed by atoms with van der Waals surface area (Å²) in [6.45, 7) is -1.89. The summed E-state index contributed by atoms with van der Waals surface area (Å²) in [6.07, 6.45) is -10.7. The Morgan fingerprint density at radius 3 is 1.52 bits per heavy atom. The number of nitrogens with zero attached hydrogens (tertiary/aromatic N) is 1. The molecule has 0 rings (SSSR count). The van der Waals surface area contributed by atoms with Crippen molar-refractivity contribution in [3.8, 4) is 0 Å². The minimum Gasteiger partial charge on any atom is -0.481 e. The fraction of sp³-hybridized carbons (Fsp3) is 0.571. The molecular formula is C21H32F6N8O13. The number of carbonyl (C=O) groups is 8. The number of alkyl halides is 6. The van der Waals surface area contributed by atoms with Gasteiger partial charge in [0.25, 0.3) is 0 Å². The summed E-state index contributed by atoms with van der Waals surface area (Å²) in [5, 5.41) is 49.5. The van der Waals surface area contributed by atoms with Crippen LogP contribution < -0.4 is 38.5 Å². The van der Waals surface area contributed by atoms with E-state index in [0.29, 0.717) is 6.42 Å². The van der Waals surface area contributed by atoms with E-state index in [9.17, 15) is 55.1 Å². The lowest BCUT2D eigenvalue weighted by atomic mass is 10.1. The van der Waals surface area contributed by atoms with Crippen molar-refractivity contribution in [2.75, 3.05) is 26.2 Å². The molecule has 0 saturated heterocycles. The molecule has 0 aromatic heterocycles. The van der Waals surface area contributed by atoms with Crippen molar-refractivity contribution >= 4 is 53.5 Å². The number of nitrogens with one attached hydrogen (secondary N) is 4. The Hall–Kier alpha value is -5.47. The summed E-state index contributed by atoms with van der Waals surface area (Å²) >= 11 is 0. The summed E-state index contributed by atoms with van der Waals surface area (Å²) < 4.78 is 63.5. The zero-order valence-corrected chi connectivity index (χ0v) is 24.1. The topological polar surface area (TPSA) is 376 Å². The molecule has 0 aliphatic carbocycles. The maximum absolute atomic E-state index is 12.4. The number of aliphatic imine (C=N–C) groups is 1. The predicted molar refractivity (Wildman–Crippen MR) is 142 cm³/mol. The number of nitrogens with two attached hydrogens (primary N) is 3. The molecule has 15 N–H and O–H groups in total. The Labute approximate surface area is 263 Å². The van der Waals surface area contributed by atoms with Crippen molar-refractivity contribution in [3.05, 3.63) is 0 Å². The summed E-state index contributed by atoms with van der Waals surface area (Å²) in [6, 6.07) is -4.49. The standard InChI is InChI=1S/C17H30N8O9.2C2HF3O2/c18-5-11(27)23-8(2-1-3-21-17(19)20)14(31)22-6-12(28)24-9(4-13(29)30)15(32)25-10(7-26)16(33)34;2*3-2(4,5)1(6)7/h8-10,26H,1-7,18H2,(H,22,31)(H,23,27)(H,24,28)(H,25,32)(H,29,30)(H,33,34)(H4,19,20,21);2*(H,6,7)/t8-,9-,10-;;/m0../s1. The van der Waals surface area contributed by atoms with Gasteiger partial charge in [-0.3, -0.25) is 29.0 Å². The number of carboxylic acid groups (broad SMARTS) is 4. The first-order valence-electron chi connectivity index (χ1n) is 12.4.